The Morgan fingerprint density at radius 3 is 2.18 bits per heavy atom. The zero-order valence-corrected chi connectivity index (χ0v) is 14.7. The molecule has 0 nitrogen and oxygen atoms in total. The molecule has 0 saturated carbocycles. The van der Waals surface area contributed by atoms with Crippen LogP contribution in [0.2, 0.25) is 5.02 Å². The standard InChI is InChI=1S/C13H8Br2ClI/c14-10-4-1-8(2-5-10)13(15)9-3-6-12(17)11(16)7-9/h1-7,13H. The van der Waals surface area contributed by atoms with Crippen LogP contribution in [0.3, 0.4) is 0 Å². The Morgan fingerprint density at radius 1 is 1.00 bits per heavy atom. The van der Waals surface area contributed by atoms with Crippen LogP contribution in [0.5, 0.6) is 0 Å². The van der Waals surface area contributed by atoms with E-state index in [4.69, 9.17) is 11.6 Å². The summed E-state index contributed by atoms with van der Waals surface area (Å²) in [7, 11) is 0. The number of rotatable bonds is 2. The predicted octanol–water partition coefficient (Wildman–Crippen LogP) is 6.19. The van der Waals surface area contributed by atoms with Gasteiger partial charge in [0.2, 0.25) is 0 Å². The Balaban J connectivity index is 2.33. The van der Waals surface area contributed by atoms with Crippen molar-refractivity contribution in [2.24, 2.45) is 0 Å². The van der Waals surface area contributed by atoms with Gasteiger partial charge in [-0.2, -0.15) is 0 Å². The Bertz CT molecular complexity index is 525. The molecule has 2 rings (SSSR count). The van der Waals surface area contributed by atoms with E-state index in [-0.39, 0.29) is 4.83 Å². The van der Waals surface area contributed by atoms with Crippen LogP contribution in [-0.2, 0) is 0 Å². The second-order valence-corrected chi connectivity index (χ2v) is 6.99. The normalized spacial score (nSPS) is 12.5. The lowest BCUT2D eigenvalue weighted by Crippen LogP contribution is -1.93. The minimum Gasteiger partial charge on any atom is -0.0832 e. The summed E-state index contributed by atoms with van der Waals surface area (Å²) in [6, 6.07) is 14.4. The highest BCUT2D eigenvalue weighted by Gasteiger charge is 2.11. The monoisotopic (exact) mass is 484 g/mol. The maximum Gasteiger partial charge on any atom is 0.0645 e. The average Bonchev–Trinajstić information content (AvgIpc) is 2.33. The van der Waals surface area contributed by atoms with Crippen molar-refractivity contribution in [3.8, 4) is 0 Å². The number of hydrogen-bond donors (Lipinski definition) is 0. The van der Waals surface area contributed by atoms with E-state index < -0.39 is 0 Å². The fraction of sp³-hybridized carbons (Fsp3) is 0.0769. The Hall–Kier alpha value is 0.420. The van der Waals surface area contributed by atoms with Gasteiger partial charge in [0.05, 0.1) is 9.85 Å². The van der Waals surface area contributed by atoms with Gasteiger partial charge in [0.15, 0.2) is 0 Å². The van der Waals surface area contributed by atoms with Crippen molar-refractivity contribution >= 4 is 66.1 Å². The molecular weight excluding hydrogens is 478 g/mol. The summed E-state index contributed by atoms with van der Waals surface area (Å²) in [6.07, 6.45) is 0. The van der Waals surface area contributed by atoms with Crippen molar-refractivity contribution in [2.75, 3.05) is 0 Å². The van der Waals surface area contributed by atoms with E-state index in [0.29, 0.717) is 0 Å². The van der Waals surface area contributed by atoms with Crippen LogP contribution in [0, 0.1) is 3.57 Å². The molecule has 0 fully saturated rings. The van der Waals surface area contributed by atoms with Crippen LogP contribution in [0.1, 0.15) is 16.0 Å². The predicted molar refractivity (Wildman–Crippen MR) is 89.1 cm³/mol. The molecule has 4 heteroatoms. The van der Waals surface area contributed by atoms with Crippen molar-refractivity contribution in [3.63, 3.8) is 0 Å². The summed E-state index contributed by atoms with van der Waals surface area (Å²) < 4.78 is 2.16. The van der Waals surface area contributed by atoms with Crippen LogP contribution < -0.4 is 0 Å². The molecule has 1 atom stereocenters. The van der Waals surface area contributed by atoms with Gasteiger partial charge in [0.1, 0.15) is 0 Å². The van der Waals surface area contributed by atoms with Crippen molar-refractivity contribution in [2.45, 2.75) is 4.83 Å². The van der Waals surface area contributed by atoms with E-state index >= 15 is 0 Å². The topological polar surface area (TPSA) is 0 Å². The second kappa shape index (κ2) is 6.04. The number of hydrogen-bond acceptors (Lipinski definition) is 0. The van der Waals surface area contributed by atoms with Crippen LogP contribution in [0.15, 0.2) is 46.9 Å². The van der Waals surface area contributed by atoms with Crippen molar-refractivity contribution in [1.29, 1.82) is 0 Å². The van der Waals surface area contributed by atoms with E-state index in [1.54, 1.807) is 0 Å². The van der Waals surface area contributed by atoms with Crippen LogP contribution >= 0.6 is 66.1 Å². The fourth-order valence-electron chi connectivity index (χ4n) is 1.49. The minimum atomic E-state index is 0.171. The molecule has 0 aliphatic rings. The first-order valence-corrected chi connectivity index (χ1v) is 8.09. The molecule has 0 aliphatic carbocycles. The molecule has 0 saturated heterocycles. The smallest absolute Gasteiger partial charge is 0.0645 e. The highest BCUT2D eigenvalue weighted by atomic mass is 127. The number of benzene rings is 2. The highest BCUT2D eigenvalue weighted by Crippen LogP contribution is 2.33. The minimum absolute atomic E-state index is 0.171. The molecule has 0 N–H and O–H groups in total. The molecule has 88 valence electrons. The lowest BCUT2D eigenvalue weighted by atomic mass is 10.1. The molecule has 1 unspecified atom stereocenters. The molecule has 0 bridgehead atoms. The summed E-state index contributed by atoms with van der Waals surface area (Å²) in [5.74, 6) is 0. The maximum atomic E-state index is 6.13. The Kier molecular flexibility index (Phi) is 4.92. The van der Waals surface area contributed by atoms with Gasteiger partial charge < -0.3 is 0 Å². The van der Waals surface area contributed by atoms with Gasteiger partial charge in [0, 0.05) is 8.04 Å². The highest BCUT2D eigenvalue weighted by molar-refractivity contribution is 14.1. The molecule has 2 aromatic rings. The van der Waals surface area contributed by atoms with E-state index in [9.17, 15) is 0 Å². The van der Waals surface area contributed by atoms with Gasteiger partial charge >= 0.3 is 0 Å². The average molecular weight is 486 g/mol. The van der Waals surface area contributed by atoms with Gasteiger partial charge in [-0.05, 0) is 58.0 Å². The molecule has 17 heavy (non-hydrogen) atoms. The molecule has 0 aliphatic heterocycles. The summed E-state index contributed by atoms with van der Waals surface area (Å²) in [5.41, 5.74) is 2.38. The quantitative estimate of drug-likeness (QED) is 0.351. The van der Waals surface area contributed by atoms with Gasteiger partial charge in [-0.3, -0.25) is 0 Å². The summed E-state index contributed by atoms with van der Waals surface area (Å²) >= 11 is 15.5. The third-order valence-electron chi connectivity index (χ3n) is 2.40. The molecule has 0 heterocycles. The van der Waals surface area contributed by atoms with Gasteiger partial charge in [-0.15, -0.1) is 0 Å². The van der Waals surface area contributed by atoms with Gasteiger partial charge in [-0.1, -0.05) is 61.7 Å². The van der Waals surface area contributed by atoms with Crippen molar-refractivity contribution in [3.05, 3.63) is 66.7 Å². The van der Waals surface area contributed by atoms with Crippen LogP contribution in [0.4, 0.5) is 0 Å². The third kappa shape index (κ3) is 3.46. The van der Waals surface area contributed by atoms with E-state index in [2.05, 4.69) is 72.6 Å². The third-order valence-corrected chi connectivity index (χ3v) is 5.56. The van der Waals surface area contributed by atoms with Gasteiger partial charge in [-0.25, -0.2) is 0 Å². The molecule has 0 amide bonds. The van der Waals surface area contributed by atoms with E-state index in [0.717, 1.165) is 18.6 Å². The molecule has 0 aromatic heterocycles. The first-order chi connectivity index (χ1) is 8.08. The molecule has 0 spiro atoms. The first kappa shape index (κ1) is 13.8. The van der Waals surface area contributed by atoms with E-state index in [1.165, 1.54) is 5.56 Å². The van der Waals surface area contributed by atoms with Crippen molar-refractivity contribution in [1.82, 2.24) is 0 Å². The van der Waals surface area contributed by atoms with Crippen molar-refractivity contribution < 1.29 is 0 Å². The summed E-state index contributed by atoms with van der Waals surface area (Å²) in [6.45, 7) is 0. The van der Waals surface area contributed by atoms with E-state index in [1.807, 2.05) is 24.3 Å². The number of alkyl halides is 1. The molecule has 0 radical (unpaired) electrons. The summed E-state index contributed by atoms with van der Waals surface area (Å²) in [5, 5.41) is 0.796. The second-order valence-electron chi connectivity index (χ2n) is 3.59. The Morgan fingerprint density at radius 2 is 1.59 bits per heavy atom. The zero-order chi connectivity index (χ0) is 12.4. The Labute approximate surface area is 136 Å². The summed E-state index contributed by atoms with van der Waals surface area (Å²) in [4.78, 5) is 0.171. The number of halogens is 4. The SMILES string of the molecule is Clc1cc(C(Br)c2ccc(Br)cc2)ccc1I. The maximum absolute atomic E-state index is 6.13. The molecular formula is C13H8Br2ClI. The lowest BCUT2D eigenvalue weighted by Gasteiger charge is -2.11. The lowest BCUT2D eigenvalue weighted by molar-refractivity contribution is 1.17. The van der Waals surface area contributed by atoms with Crippen LogP contribution in [0.25, 0.3) is 0 Å². The first-order valence-electron chi connectivity index (χ1n) is 4.92. The fourth-order valence-corrected chi connectivity index (χ4v) is 2.87. The largest absolute Gasteiger partial charge is 0.0832 e. The molecule has 2 aromatic carbocycles. The zero-order valence-electron chi connectivity index (χ0n) is 8.63. The van der Waals surface area contributed by atoms with Gasteiger partial charge in [0.25, 0.3) is 0 Å². The van der Waals surface area contributed by atoms with Crippen LogP contribution in [-0.4, -0.2) is 0 Å².